The molecule has 0 radical (unpaired) electrons. The van der Waals surface area contributed by atoms with Crippen molar-refractivity contribution < 1.29 is 0 Å². The number of hydrogen-bond acceptors (Lipinski definition) is 5. The average Bonchev–Trinajstić information content (AvgIpc) is 2.93. The number of rotatable bonds is 6. The molecule has 5 rings (SSSR count). The van der Waals surface area contributed by atoms with Crippen LogP contribution in [0.15, 0.2) is 116 Å². The Morgan fingerprint density at radius 1 is 0.618 bits per heavy atom. The molecule has 0 saturated heterocycles. The number of thiocarbonyl (C=S) groups is 1. The Morgan fingerprint density at radius 3 is 1.76 bits per heavy atom. The minimum Gasteiger partial charge on any atom is -0.255 e. The Labute approximate surface area is 209 Å². The first-order chi connectivity index (χ1) is 16.8. The molecule has 0 saturated carbocycles. The van der Waals surface area contributed by atoms with Gasteiger partial charge in [-0.2, -0.15) is 0 Å². The Balaban J connectivity index is 1.42. The largest absolute Gasteiger partial charge is 0.255 e. The van der Waals surface area contributed by atoms with Crippen molar-refractivity contribution in [2.75, 3.05) is 0 Å². The van der Waals surface area contributed by atoms with Crippen LogP contribution < -0.4 is 0 Å². The van der Waals surface area contributed by atoms with Crippen molar-refractivity contribution >= 4 is 28.2 Å². The summed E-state index contributed by atoms with van der Waals surface area (Å²) in [7, 11) is 0. The van der Waals surface area contributed by atoms with Gasteiger partial charge in [-0.3, -0.25) is 9.97 Å². The van der Waals surface area contributed by atoms with E-state index in [4.69, 9.17) is 17.2 Å². The zero-order chi connectivity index (χ0) is 23.2. The summed E-state index contributed by atoms with van der Waals surface area (Å²) in [6.45, 7) is 0. The minimum atomic E-state index is 0.826. The molecule has 3 nitrogen and oxygen atoms in total. The highest BCUT2D eigenvalue weighted by molar-refractivity contribution is 8.23. The zero-order valence-corrected chi connectivity index (χ0v) is 20.0. The molecule has 0 amide bonds. The minimum absolute atomic E-state index is 0.826. The van der Waals surface area contributed by atoms with Gasteiger partial charge in [0, 0.05) is 18.1 Å². The predicted octanol–water partition coefficient (Wildman–Crippen LogP) is 7.48. The number of thioether (sulfide) groups is 1. The van der Waals surface area contributed by atoms with Crippen LogP contribution in [-0.4, -0.2) is 19.1 Å². The fraction of sp³-hybridized carbons (Fsp3) is 0.0345. The van der Waals surface area contributed by atoms with Gasteiger partial charge in [0.05, 0.1) is 27.0 Å². The third kappa shape index (κ3) is 5.28. The van der Waals surface area contributed by atoms with E-state index < -0.39 is 0 Å². The standard InChI is InChI=1S/C29H21N3S2/c33-29(23-8-2-1-3-9-23)34-20-21-12-14-22(15-13-21)24-18-27(25-10-4-6-16-30-25)32-28(19-24)26-11-5-7-17-31-26/h1-19H,20H2. The summed E-state index contributed by atoms with van der Waals surface area (Å²) in [6, 6.07) is 34.7. The van der Waals surface area contributed by atoms with Crippen LogP contribution in [0.3, 0.4) is 0 Å². The van der Waals surface area contributed by atoms with Crippen molar-refractivity contribution in [3.63, 3.8) is 0 Å². The van der Waals surface area contributed by atoms with Crippen LogP contribution in [0.4, 0.5) is 0 Å². The van der Waals surface area contributed by atoms with Gasteiger partial charge in [-0.15, -0.1) is 11.8 Å². The molecule has 5 heteroatoms. The molecule has 0 aliphatic carbocycles. The summed E-state index contributed by atoms with van der Waals surface area (Å²) in [6.07, 6.45) is 3.58. The highest BCUT2D eigenvalue weighted by atomic mass is 32.2. The average molecular weight is 476 g/mol. The van der Waals surface area contributed by atoms with E-state index in [0.717, 1.165) is 49.4 Å². The molecule has 0 atom stereocenters. The van der Waals surface area contributed by atoms with Crippen LogP contribution in [-0.2, 0) is 5.75 Å². The van der Waals surface area contributed by atoms with Gasteiger partial charge in [0.15, 0.2) is 0 Å². The van der Waals surface area contributed by atoms with Gasteiger partial charge in [-0.25, -0.2) is 4.98 Å². The van der Waals surface area contributed by atoms with Gasteiger partial charge < -0.3 is 0 Å². The van der Waals surface area contributed by atoms with Crippen molar-refractivity contribution in [1.82, 2.24) is 15.0 Å². The topological polar surface area (TPSA) is 38.7 Å². The van der Waals surface area contributed by atoms with Crippen molar-refractivity contribution in [1.29, 1.82) is 0 Å². The molecule has 164 valence electrons. The molecule has 0 N–H and O–H groups in total. The van der Waals surface area contributed by atoms with Crippen molar-refractivity contribution in [2.45, 2.75) is 5.75 Å². The molecule has 0 aliphatic heterocycles. The van der Waals surface area contributed by atoms with Crippen molar-refractivity contribution in [2.24, 2.45) is 0 Å². The fourth-order valence-electron chi connectivity index (χ4n) is 3.59. The monoisotopic (exact) mass is 475 g/mol. The normalized spacial score (nSPS) is 10.7. The quantitative estimate of drug-likeness (QED) is 0.238. The maximum Gasteiger partial charge on any atom is 0.0900 e. The third-order valence-electron chi connectivity index (χ3n) is 5.35. The molecule has 0 fully saturated rings. The van der Waals surface area contributed by atoms with Gasteiger partial charge in [-0.05, 0) is 58.7 Å². The molecular formula is C29H21N3S2. The van der Waals surface area contributed by atoms with Gasteiger partial charge in [0.1, 0.15) is 0 Å². The van der Waals surface area contributed by atoms with Crippen LogP contribution in [0.2, 0.25) is 0 Å². The first kappa shape index (κ1) is 22.1. The summed E-state index contributed by atoms with van der Waals surface area (Å²) in [5, 5.41) is 0. The van der Waals surface area contributed by atoms with E-state index in [1.165, 1.54) is 5.56 Å². The predicted molar refractivity (Wildman–Crippen MR) is 146 cm³/mol. The number of hydrogen-bond donors (Lipinski definition) is 0. The lowest BCUT2D eigenvalue weighted by Crippen LogP contribution is -1.94. The highest BCUT2D eigenvalue weighted by Crippen LogP contribution is 2.29. The van der Waals surface area contributed by atoms with E-state index >= 15 is 0 Å². The first-order valence-electron chi connectivity index (χ1n) is 10.9. The molecule has 0 bridgehead atoms. The second-order valence-electron chi connectivity index (χ2n) is 7.70. The number of nitrogens with zero attached hydrogens (tertiary/aromatic N) is 3. The summed E-state index contributed by atoms with van der Waals surface area (Å²) >= 11 is 7.28. The SMILES string of the molecule is S=C(SCc1ccc(-c2cc(-c3ccccn3)nc(-c3ccccn3)c2)cc1)c1ccccc1. The van der Waals surface area contributed by atoms with Crippen LogP contribution in [0.1, 0.15) is 11.1 Å². The maximum absolute atomic E-state index is 5.59. The van der Waals surface area contributed by atoms with Gasteiger partial charge >= 0.3 is 0 Å². The Hall–Kier alpha value is -3.67. The highest BCUT2D eigenvalue weighted by Gasteiger charge is 2.10. The molecule has 3 heterocycles. The van der Waals surface area contributed by atoms with E-state index in [-0.39, 0.29) is 0 Å². The molecule has 3 aromatic heterocycles. The van der Waals surface area contributed by atoms with Crippen LogP contribution in [0, 0.1) is 0 Å². The second-order valence-corrected chi connectivity index (χ2v) is 9.35. The Morgan fingerprint density at radius 2 is 1.21 bits per heavy atom. The van der Waals surface area contributed by atoms with Crippen LogP contribution >= 0.6 is 24.0 Å². The molecule has 0 aliphatic rings. The lowest BCUT2D eigenvalue weighted by molar-refractivity contribution is 1.22. The molecular weight excluding hydrogens is 454 g/mol. The van der Waals surface area contributed by atoms with Crippen molar-refractivity contribution in [3.05, 3.63) is 127 Å². The van der Waals surface area contributed by atoms with Crippen LogP contribution in [0.5, 0.6) is 0 Å². The summed E-state index contributed by atoms with van der Waals surface area (Å²) < 4.78 is 0.916. The Kier molecular flexibility index (Phi) is 6.84. The van der Waals surface area contributed by atoms with Gasteiger partial charge in [0.2, 0.25) is 0 Å². The van der Waals surface area contributed by atoms with E-state index in [0.29, 0.717) is 0 Å². The van der Waals surface area contributed by atoms with Crippen molar-refractivity contribution in [3.8, 4) is 33.9 Å². The van der Waals surface area contributed by atoms with Crippen LogP contribution in [0.25, 0.3) is 33.9 Å². The zero-order valence-electron chi connectivity index (χ0n) is 18.3. The Bertz CT molecular complexity index is 1330. The number of aromatic nitrogens is 3. The smallest absolute Gasteiger partial charge is 0.0900 e. The fourth-order valence-corrected chi connectivity index (χ4v) is 4.69. The number of pyridine rings is 3. The van der Waals surface area contributed by atoms with E-state index in [2.05, 4.69) is 58.5 Å². The second kappa shape index (κ2) is 10.5. The molecule has 34 heavy (non-hydrogen) atoms. The van der Waals surface area contributed by atoms with Gasteiger partial charge in [-0.1, -0.05) is 78.9 Å². The number of benzene rings is 2. The van der Waals surface area contributed by atoms with E-state index in [1.807, 2.05) is 54.6 Å². The molecule has 5 aromatic rings. The van der Waals surface area contributed by atoms with Gasteiger partial charge in [0.25, 0.3) is 0 Å². The summed E-state index contributed by atoms with van der Waals surface area (Å²) in [5.74, 6) is 0.836. The molecule has 2 aromatic carbocycles. The summed E-state index contributed by atoms with van der Waals surface area (Å²) in [4.78, 5) is 13.9. The molecule has 0 spiro atoms. The maximum atomic E-state index is 5.59. The lowest BCUT2D eigenvalue weighted by atomic mass is 10.0. The third-order valence-corrected chi connectivity index (χ3v) is 6.91. The van der Waals surface area contributed by atoms with E-state index in [1.54, 1.807) is 24.2 Å². The molecule has 0 unspecified atom stereocenters. The summed E-state index contributed by atoms with van der Waals surface area (Å²) in [5.41, 5.74) is 7.86. The first-order valence-corrected chi connectivity index (χ1v) is 12.3. The van der Waals surface area contributed by atoms with E-state index in [9.17, 15) is 0 Å². The lowest BCUT2D eigenvalue weighted by Gasteiger charge is -2.10.